The highest BCUT2D eigenvalue weighted by Gasteiger charge is 2.27. The summed E-state index contributed by atoms with van der Waals surface area (Å²) in [6.45, 7) is 10.5. The molecule has 1 fully saturated rings. The zero-order chi connectivity index (χ0) is 22.8. The highest BCUT2D eigenvalue weighted by molar-refractivity contribution is 5.97. The molecular weight excluding hydrogens is 402 g/mol. The summed E-state index contributed by atoms with van der Waals surface area (Å²) in [7, 11) is 0. The van der Waals surface area contributed by atoms with Crippen LogP contribution >= 0.6 is 0 Å². The van der Waals surface area contributed by atoms with Gasteiger partial charge in [-0.2, -0.15) is 0 Å². The molecule has 0 aliphatic carbocycles. The monoisotopic (exact) mass is 433 g/mol. The van der Waals surface area contributed by atoms with Gasteiger partial charge in [-0.05, 0) is 34.2 Å². The predicted octanol–water partition coefficient (Wildman–Crippen LogP) is 3.13. The Morgan fingerprint density at radius 1 is 1.00 bits per heavy atom. The van der Waals surface area contributed by atoms with Crippen molar-refractivity contribution in [3.05, 3.63) is 58.1 Å². The zero-order valence-electron chi connectivity index (χ0n) is 18.8. The molecular formula is C26H31N3O3. The van der Waals surface area contributed by atoms with E-state index in [9.17, 15) is 15.0 Å². The molecule has 32 heavy (non-hydrogen) atoms. The van der Waals surface area contributed by atoms with E-state index in [-0.39, 0.29) is 28.9 Å². The van der Waals surface area contributed by atoms with Gasteiger partial charge >= 0.3 is 0 Å². The van der Waals surface area contributed by atoms with Gasteiger partial charge in [-0.1, -0.05) is 38.0 Å². The van der Waals surface area contributed by atoms with Crippen molar-refractivity contribution in [2.45, 2.75) is 39.4 Å². The summed E-state index contributed by atoms with van der Waals surface area (Å²) in [5, 5.41) is 20.4. The van der Waals surface area contributed by atoms with Crippen LogP contribution < -0.4 is 0 Å². The molecule has 0 radical (unpaired) electrons. The molecule has 0 aromatic heterocycles. The molecule has 2 aromatic rings. The number of benzene rings is 2. The van der Waals surface area contributed by atoms with E-state index in [1.807, 2.05) is 13.8 Å². The van der Waals surface area contributed by atoms with Gasteiger partial charge in [-0.15, -0.1) is 6.42 Å². The van der Waals surface area contributed by atoms with Crippen LogP contribution in [0.5, 0.6) is 11.5 Å². The first-order valence-electron chi connectivity index (χ1n) is 11.2. The van der Waals surface area contributed by atoms with E-state index in [1.165, 1.54) is 11.6 Å². The second kappa shape index (κ2) is 9.23. The topological polar surface area (TPSA) is 67.2 Å². The van der Waals surface area contributed by atoms with Crippen LogP contribution in [-0.4, -0.2) is 63.5 Å². The summed E-state index contributed by atoms with van der Waals surface area (Å²) in [6.07, 6.45) is 5.42. The lowest BCUT2D eigenvalue weighted by Crippen LogP contribution is -2.45. The van der Waals surface area contributed by atoms with Gasteiger partial charge < -0.3 is 15.1 Å². The van der Waals surface area contributed by atoms with Crippen LogP contribution in [0.2, 0.25) is 0 Å². The molecule has 2 aromatic carbocycles. The second-order valence-corrected chi connectivity index (χ2v) is 9.10. The van der Waals surface area contributed by atoms with Crippen LogP contribution in [0.25, 0.3) is 0 Å². The maximum atomic E-state index is 13.2. The second-order valence-electron chi connectivity index (χ2n) is 9.10. The fourth-order valence-electron chi connectivity index (χ4n) is 4.58. The van der Waals surface area contributed by atoms with E-state index >= 15 is 0 Å². The number of aromatic hydroxyl groups is 2. The highest BCUT2D eigenvalue weighted by atomic mass is 16.3. The summed E-state index contributed by atoms with van der Waals surface area (Å²) in [4.78, 5) is 19.7. The lowest BCUT2D eigenvalue weighted by molar-refractivity contribution is 0.0748. The van der Waals surface area contributed by atoms with Gasteiger partial charge in [0.2, 0.25) is 0 Å². The molecule has 2 aliphatic heterocycles. The fraction of sp³-hybridized carbons (Fsp3) is 0.423. The molecule has 6 nitrogen and oxygen atoms in total. The van der Waals surface area contributed by atoms with Crippen molar-refractivity contribution in [3.8, 4) is 23.8 Å². The Kier molecular flexibility index (Phi) is 6.40. The molecule has 2 N–H and O–H groups in total. The first-order valence-corrected chi connectivity index (χ1v) is 11.2. The Labute approximate surface area is 190 Å². The highest BCUT2D eigenvalue weighted by Crippen LogP contribution is 2.34. The number of phenols is 2. The number of rotatable bonds is 5. The maximum Gasteiger partial charge on any atom is 0.258 e. The number of terminal acetylenes is 1. The Morgan fingerprint density at radius 3 is 2.38 bits per heavy atom. The molecule has 4 rings (SSSR count). The molecule has 6 heteroatoms. The lowest BCUT2D eigenvalue weighted by Gasteiger charge is -2.33. The fourth-order valence-corrected chi connectivity index (χ4v) is 4.58. The summed E-state index contributed by atoms with van der Waals surface area (Å²) in [5.74, 6) is 2.39. The van der Waals surface area contributed by atoms with Crippen LogP contribution in [0.3, 0.4) is 0 Å². The van der Waals surface area contributed by atoms with Gasteiger partial charge in [-0.3, -0.25) is 14.6 Å². The van der Waals surface area contributed by atoms with Crippen LogP contribution in [-0.2, 0) is 19.6 Å². The molecule has 0 atom stereocenters. The van der Waals surface area contributed by atoms with Crippen LogP contribution in [0, 0.1) is 12.3 Å². The normalized spacial score (nSPS) is 16.9. The van der Waals surface area contributed by atoms with Crippen molar-refractivity contribution >= 4 is 5.91 Å². The van der Waals surface area contributed by atoms with Crippen LogP contribution in [0.15, 0.2) is 30.3 Å². The van der Waals surface area contributed by atoms with Gasteiger partial charge in [0.25, 0.3) is 5.91 Å². The van der Waals surface area contributed by atoms with Crippen molar-refractivity contribution in [2.24, 2.45) is 0 Å². The number of carbonyl (C=O) groups is 1. The number of phenolic OH excluding ortho intramolecular Hbond substituents is 2. The predicted molar refractivity (Wildman–Crippen MR) is 124 cm³/mol. The molecule has 1 amide bonds. The van der Waals surface area contributed by atoms with Crippen molar-refractivity contribution in [3.63, 3.8) is 0 Å². The molecule has 1 saturated heterocycles. The number of amides is 1. The van der Waals surface area contributed by atoms with Crippen LogP contribution in [0.4, 0.5) is 0 Å². The van der Waals surface area contributed by atoms with E-state index in [0.717, 1.165) is 43.9 Å². The van der Waals surface area contributed by atoms with Crippen molar-refractivity contribution in [1.29, 1.82) is 0 Å². The molecule has 2 heterocycles. The molecule has 168 valence electrons. The van der Waals surface area contributed by atoms with E-state index in [0.29, 0.717) is 25.2 Å². The summed E-state index contributed by atoms with van der Waals surface area (Å²) < 4.78 is 0. The molecule has 2 aliphatic rings. The number of nitrogens with zero attached hydrogens (tertiary/aromatic N) is 3. The Morgan fingerprint density at radius 2 is 1.69 bits per heavy atom. The summed E-state index contributed by atoms with van der Waals surface area (Å²) in [6, 6.07) is 9.35. The van der Waals surface area contributed by atoms with Gasteiger partial charge in [0.05, 0.1) is 12.1 Å². The van der Waals surface area contributed by atoms with Gasteiger partial charge in [0.15, 0.2) is 0 Å². The van der Waals surface area contributed by atoms with E-state index in [1.54, 1.807) is 11.0 Å². The summed E-state index contributed by atoms with van der Waals surface area (Å²) in [5.41, 5.74) is 4.45. The summed E-state index contributed by atoms with van der Waals surface area (Å²) >= 11 is 0. The number of hydrogen-bond acceptors (Lipinski definition) is 5. The Bertz CT molecular complexity index is 1050. The lowest BCUT2D eigenvalue weighted by atomic mass is 9.98. The third-order valence-corrected chi connectivity index (χ3v) is 6.46. The third kappa shape index (κ3) is 4.59. The minimum absolute atomic E-state index is 0.0172. The largest absolute Gasteiger partial charge is 0.508 e. The zero-order valence-corrected chi connectivity index (χ0v) is 18.8. The van der Waals surface area contributed by atoms with Gasteiger partial charge in [0.1, 0.15) is 11.5 Å². The first kappa shape index (κ1) is 22.2. The van der Waals surface area contributed by atoms with Crippen molar-refractivity contribution < 1.29 is 15.0 Å². The number of hydrogen-bond donors (Lipinski definition) is 2. The Balaban J connectivity index is 1.43. The number of fused-ring (bicyclic) bond motifs is 1. The van der Waals surface area contributed by atoms with E-state index in [4.69, 9.17) is 6.42 Å². The Hall–Kier alpha value is -3.01. The van der Waals surface area contributed by atoms with E-state index < -0.39 is 0 Å². The van der Waals surface area contributed by atoms with Crippen LogP contribution in [0.1, 0.15) is 52.4 Å². The average Bonchev–Trinajstić information content (AvgIpc) is 3.18. The van der Waals surface area contributed by atoms with Gasteiger partial charge in [-0.25, -0.2) is 0 Å². The number of piperazine rings is 1. The molecule has 0 bridgehead atoms. The van der Waals surface area contributed by atoms with E-state index in [2.05, 4.69) is 33.9 Å². The molecule has 0 spiro atoms. The standard InChI is InChI=1S/C26H31N3O3/c1-4-7-27-8-10-28(11-9-27)15-19-5-6-20-16-29(17-21(20)12-19)26(32)23-13-22(18(2)3)24(30)14-25(23)31/h1,5-6,12-14,18,30-31H,7-11,15-17H2,2-3H3. The van der Waals surface area contributed by atoms with Crippen molar-refractivity contribution in [1.82, 2.24) is 14.7 Å². The minimum atomic E-state index is -0.216. The smallest absolute Gasteiger partial charge is 0.258 e. The average molecular weight is 434 g/mol. The SMILES string of the molecule is C#CCN1CCN(Cc2ccc3c(c2)CN(C(=O)c2cc(C(C)C)c(O)cc2O)C3)CC1. The number of carbonyl (C=O) groups excluding carboxylic acids is 1. The minimum Gasteiger partial charge on any atom is -0.508 e. The molecule has 0 unspecified atom stereocenters. The molecule has 0 saturated carbocycles. The quantitative estimate of drug-likeness (QED) is 0.710. The third-order valence-electron chi connectivity index (χ3n) is 6.46. The van der Waals surface area contributed by atoms with Crippen molar-refractivity contribution in [2.75, 3.05) is 32.7 Å². The maximum absolute atomic E-state index is 13.2. The first-order chi connectivity index (χ1) is 15.4. The van der Waals surface area contributed by atoms with Gasteiger partial charge in [0, 0.05) is 51.9 Å².